The summed E-state index contributed by atoms with van der Waals surface area (Å²) in [4.78, 5) is 13.3. The predicted molar refractivity (Wildman–Crippen MR) is 116 cm³/mol. The minimum atomic E-state index is -2.95. The van der Waals surface area contributed by atoms with Gasteiger partial charge in [-0.1, -0.05) is 0 Å². The Kier molecular flexibility index (Phi) is 6.64. The molecule has 2 heterocycles. The Morgan fingerprint density at radius 1 is 1.10 bits per heavy atom. The van der Waals surface area contributed by atoms with Gasteiger partial charge in [0, 0.05) is 12.1 Å². The van der Waals surface area contributed by atoms with Crippen molar-refractivity contribution in [2.45, 2.75) is 20.5 Å². The van der Waals surface area contributed by atoms with E-state index in [0.717, 1.165) is 37.7 Å². The summed E-state index contributed by atoms with van der Waals surface area (Å²) in [5, 5.41) is 0.768. The van der Waals surface area contributed by atoms with Gasteiger partial charge in [0.2, 0.25) is 5.88 Å². The first-order chi connectivity index (χ1) is 13.9. The molecule has 0 aliphatic carbocycles. The van der Waals surface area contributed by atoms with Crippen LogP contribution in [0.1, 0.15) is 11.1 Å². The van der Waals surface area contributed by atoms with Gasteiger partial charge >= 0.3 is 6.61 Å². The van der Waals surface area contributed by atoms with Crippen molar-refractivity contribution in [3.05, 3.63) is 41.6 Å². The molecule has 0 spiro atoms. The molecular formula is C20H19ClF2N4O2S. The summed E-state index contributed by atoms with van der Waals surface area (Å²) in [5.41, 5.74) is 10.1. The fourth-order valence-electron chi connectivity index (χ4n) is 3.10. The van der Waals surface area contributed by atoms with Crippen molar-refractivity contribution in [2.75, 3.05) is 13.2 Å². The highest BCUT2D eigenvalue weighted by molar-refractivity contribution is 7.21. The first-order valence-electron chi connectivity index (χ1n) is 8.91. The lowest BCUT2D eigenvalue weighted by atomic mass is 10.1. The molecule has 2 N–H and O–H groups in total. The van der Waals surface area contributed by atoms with E-state index in [0.29, 0.717) is 24.2 Å². The molecule has 0 aliphatic heterocycles. The lowest BCUT2D eigenvalue weighted by molar-refractivity contribution is -0.0528. The zero-order valence-corrected chi connectivity index (χ0v) is 17.8. The molecule has 2 aromatic carbocycles. The number of hydrogen-bond acceptors (Lipinski definition) is 7. The molecule has 0 amide bonds. The maximum atomic E-state index is 12.5. The maximum absolute atomic E-state index is 12.5. The smallest absolute Gasteiger partial charge is 0.388 e. The van der Waals surface area contributed by atoms with Crippen LogP contribution in [-0.2, 0) is 0 Å². The average molecular weight is 453 g/mol. The number of aryl methyl sites for hydroxylation is 2. The molecule has 0 radical (unpaired) electrons. The van der Waals surface area contributed by atoms with Crippen molar-refractivity contribution < 1.29 is 18.3 Å². The van der Waals surface area contributed by atoms with Crippen LogP contribution < -0.4 is 15.2 Å². The Balaban J connectivity index is 0.00000256. The Hall–Kier alpha value is -2.62. The summed E-state index contributed by atoms with van der Waals surface area (Å²) < 4.78 is 36.0. The number of thiazole rings is 1. The average Bonchev–Trinajstić information content (AvgIpc) is 3.09. The van der Waals surface area contributed by atoms with Gasteiger partial charge in [-0.25, -0.2) is 15.0 Å². The predicted octanol–water partition coefficient (Wildman–Crippen LogP) is 4.88. The quantitative estimate of drug-likeness (QED) is 0.448. The molecule has 0 aliphatic rings. The van der Waals surface area contributed by atoms with Crippen LogP contribution in [0.15, 0.2) is 30.5 Å². The van der Waals surface area contributed by atoms with E-state index in [1.165, 1.54) is 17.5 Å². The van der Waals surface area contributed by atoms with E-state index in [1.807, 2.05) is 32.0 Å². The van der Waals surface area contributed by atoms with Gasteiger partial charge in [-0.05, 0) is 49.2 Å². The van der Waals surface area contributed by atoms with E-state index in [2.05, 4.69) is 14.7 Å². The SMILES string of the molecule is Cc1cc(-c2nc3c(C)cc(OCCN)cc3s2)c2ncc(OC(F)F)nc2c1.Cl. The molecule has 0 bridgehead atoms. The van der Waals surface area contributed by atoms with Crippen molar-refractivity contribution in [1.29, 1.82) is 0 Å². The molecular weight excluding hydrogens is 434 g/mol. The van der Waals surface area contributed by atoms with Gasteiger partial charge in [0.05, 0.1) is 27.4 Å². The van der Waals surface area contributed by atoms with Crippen molar-refractivity contribution >= 4 is 45.0 Å². The van der Waals surface area contributed by atoms with Gasteiger partial charge in [0.1, 0.15) is 17.4 Å². The number of benzene rings is 2. The highest BCUT2D eigenvalue weighted by Gasteiger charge is 2.16. The van der Waals surface area contributed by atoms with Gasteiger partial charge in [-0.15, -0.1) is 23.7 Å². The van der Waals surface area contributed by atoms with E-state index < -0.39 is 6.61 Å². The van der Waals surface area contributed by atoms with Gasteiger partial charge < -0.3 is 15.2 Å². The van der Waals surface area contributed by atoms with E-state index in [4.69, 9.17) is 15.5 Å². The molecule has 0 unspecified atom stereocenters. The topological polar surface area (TPSA) is 83.2 Å². The molecule has 2 aromatic heterocycles. The van der Waals surface area contributed by atoms with E-state index in [1.54, 1.807) is 6.07 Å². The number of aromatic nitrogens is 3. The summed E-state index contributed by atoms with van der Waals surface area (Å²) in [6, 6.07) is 7.62. The zero-order valence-electron chi connectivity index (χ0n) is 16.2. The number of alkyl halides is 2. The van der Waals surface area contributed by atoms with Crippen molar-refractivity contribution in [3.63, 3.8) is 0 Å². The summed E-state index contributed by atoms with van der Waals surface area (Å²) in [6.45, 7) is 1.81. The van der Waals surface area contributed by atoms with Gasteiger partial charge in [0.15, 0.2) is 0 Å². The van der Waals surface area contributed by atoms with Crippen molar-refractivity contribution in [3.8, 4) is 22.2 Å². The Morgan fingerprint density at radius 3 is 2.63 bits per heavy atom. The standard InChI is InChI=1S/C20H18F2N4O2S.ClH/c1-10-5-13(18-14(6-10)25-16(9-24-18)28-20(21)22)19-26-17-11(2)7-12(27-4-3-23)8-15(17)29-19;/h5-9,20H,3-4,23H2,1-2H3;1H. The molecule has 0 saturated heterocycles. The normalized spacial score (nSPS) is 11.1. The fraction of sp³-hybridized carbons (Fsp3) is 0.250. The molecule has 0 fully saturated rings. The van der Waals surface area contributed by atoms with Crippen LogP contribution in [0.4, 0.5) is 8.78 Å². The molecule has 0 atom stereocenters. The van der Waals surface area contributed by atoms with E-state index in [9.17, 15) is 8.78 Å². The summed E-state index contributed by atoms with van der Waals surface area (Å²) >= 11 is 1.51. The van der Waals surface area contributed by atoms with Crippen LogP contribution in [-0.4, -0.2) is 34.7 Å². The largest absolute Gasteiger partial charge is 0.492 e. The number of hydrogen-bond donors (Lipinski definition) is 1. The maximum Gasteiger partial charge on any atom is 0.388 e. The third kappa shape index (κ3) is 4.43. The number of nitrogens with zero attached hydrogens (tertiary/aromatic N) is 3. The van der Waals surface area contributed by atoms with Gasteiger partial charge in [-0.2, -0.15) is 8.78 Å². The second kappa shape index (κ2) is 9.03. The molecule has 0 saturated carbocycles. The monoisotopic (exact) mass is 452 g/mol. The number of halogens is 3. The minimum Gasteiger partial charge on any atom is -0.492 e. The van der Waals surface area contributed by atoms with E-state index >= 15 is 0 Å². The molecule has 4 aromatic rings. The van der Waals surface area contributed by atoms with Crippen LogP contribution in [0, 0.1) is 13.8 Å². The molecule has 4 rings (SSSR count). The highest BCUT2D eigenvalue weighted by Crippen LogP contribution is 2.37. The number of rotatable bonds is 6. The van der Waals surface area contributed by atoms with Crippen molar-refractivity contribution in [2.24, 2.45) is 5.73 Å². The molecule has 6 nitrogen and oxygen atoms in total. The Bertz CT molecular complexity index is 1200. The first kappa shape index (κ1) is 22.1. The molecule has 30 heavy (non-hydrogen) atoms. The van der Waals surface area contributed by atoms with Crippen LogP contribution in [0.5, 0.6) is 11.6 Å². The highest BCUT2D eigenvalue weighted by atomic mass is 35.5. The van der Waals surface area contributed by atoms with Crippen LogP contribution in [0.25, 0.3) is 31.8 Å². The summed E-state index contributed by atoms with van der Waals surface area (Å²) in [7, 11) is 0. The number of ether oxygens (including phenoxy) is 2. The van der Waals surface area contributed by atoms with E-state index in [-0.39, 0.29) is 18.3 Å². The summed E-state index contributed by atoms with van der Waals surface area (Å²) in [6.07, 6.45) is 1.20. The molecule has 10 heteroatoms. The van der Waals surface area contributed by atoms with Crippen LogP contribution >= 0.6 is 23.7 Å². The number of fused-ring (bicyclic) bond motifs is 2. The third-order valence-electron chi connectivity index (χ3n) is 4.25. The number of nitrogens with two attached hydrogens (primary N) is 1. The lowest BCUT2D eigenvalue weighted by Crippen LogP contribution is -2.10. The van der Waals surface area contributed by atoms with Gasteiger partial charge in [-0.3, -0.25) is 0 Å². The Morgan fingerprint density at radius 2 is 1.90 bits per heavy atom. The fourth-order valence-corrected chi connectivity index (χ4v) is 4.19. The second-order valence-electron chi connectivity index (χ2n) is 6.51. The van der Waals surface area contributed by atoms with Gasteiger partial charge in [0.25, 0.3) is 0 Å². The lowest BCUT2D eigenvalue weighted by Gasteiger charge is -2.07. The first-order valence-corrected chi connectivity index (χ1v) is 9.73. The minimum absolute atomic E-state index is 0. The zero-order chi connectivity index (χ0) is 20.5. The van der Waals surface area contributed by atoms with Crippen molar-refractivity contribution in [1.82, 2.24) is 15.0 Å². The third-order valence-corrected chi connectivity index (χ3v) is 5.29. The van der Waals surface area contributed by atoms with Crippen LogP contribution in [0.2, 0.25) is 0 Å². The summed E-state index contributed by atoms with van der Waals surface area (Å²) in [5.74, 6) is 0.532. The molecule has 158 valence electrons. The van der Waals surface area contributed by atoms with Crippen LogP contribution in [0.3, 0.4) is 0 Å². The second-order valence-corrected chi connectivity index (χ2v) is 7.54. The Labute approximate surface area is 181 Å².